The smallest absolute Gasteiger partial charge is 0.355 e. The molecule has 1 aliphatic carbocycles. The van der Waals surface area contributed by atoms with E-state index in [-0.39, 0.29) is 3.51 Å². The maximum Gasteiger partial charge on any atom is 0.355 e. The third kappa shape index (κ3) is 1.56. The summed E-state index contributed by atoms with van der Waals surface area (Å²) >= 11 is -1.06. The lowest BCUT2D eigenvalue weighted by molar-refractivity contribution is -0.224. The minimum Gasteiger partial charge on any atom is -0.418 e. The van der Waals surface area contributed by atoms with Crippen LogP contribution in [0.3, 0.4) is 0 Å². The molecule has 1 aliphatic heterocycles. The molecular formula is C8H10INO4. The van der Waals surface area contributed by atoms with Crippen molar-refractivity contribution in [2.75, 3.05) is 0 Å². The molecule has 78 valence electrons. The summed E-state index contributed by atoms with van der Waals surface area (Å²) in [6.07, 6.45) is 3.07. The molecule has 0 aromatic rings. The predicted molar refractivity (Wildman–Crippen MR) is 56.6 cm³/mol. The molecule has 14 heavy (non-hydrogen) atoms. The molecule has 0 bridgehead atoms. The number of hydrogen-bond acceptors (Lipinski definition) is 5. The zero-order valence-electron chi connectivity index (χ0n) is 7.42. The zero-order chi connectivity index (χ0) is 10.2. The van der Waals surface area contributed by atoms with Crippen LogP contribution in [0.4, 0.5) is 0 Å². The van der Waals surface area contributed by atoms with Gasteiger partial charge in [-0.2, -0.15) is 0 Å². The molecule has 2 rings (SSSR count). The van der Waals surface area contributed by atoms with Crippen molar-refractivity contribution < 1.29 is 19.1 Å². The third-order valence-electron chi connectivity index (χ3n) is 2.39. The third-order valence-corrected chi connectivity index (χ3v) is 3.89. The molecule has 0 aromatic carbocycles. The summed E-state index contributed by atoms with van der Waals surface area (Å²) in [7, 11) is 0. The Morgan fingerprint density at radius 1 is 1.14 bits per heavy atom. The van der Waals surface area contributed by atoms with Gasteiger partial charge in [-0.25, -0.2) is 9.59 Å². The lowest BCUT2D eigenvalue weighted by Gasteiger charge is -2.32. The van der Waals surface area contributed by atoms with Crippen molar-refractivity contribution in [1.82, 2.24) is 0 Å². The van der Waals surface area contributed by atoms with Crippen LogP contribution in [0.15, 0.2) is 0 Å². The van der Waals surface area contributed by atoms with Gasteiger partial charge in [0.15, 0.2) is 3.51 Å². The number of esters is 2. The van der Waals surface area contributed by atoms with Crippen molar-refractivity contribution in [3.63, 3.8) is 0 Å². The minimum atomic E-state index is -1.06. The van der Waals surface area contributed by atoms with Gasteiger partial charge in [-0.3, -0.25) is 3.95 Å². The largest absolute Gasteiger partial charge is 0.418 e. The maximum atomic E-state index is 11.4. The first-order chi connectivity index (χ1) is 6.67. The van der Waals surface area contributed by atoms with E-state index in [9.17, 15) is 9.59 Å². The molecular weight excluding hydrogens is 301 g/mol. The predicted octanol–water partition coefficient (Wildman–Crippen LogP) is 0.373. The maximum absolute atomic E-state index is 11.4. The summed E-state index contributed by atoms with van der Waals surface area (Å²) < 4.78 is 15.6. The molecule has 0 atom stereocenters. The summed E-state index contributed by atoms with van der Waals surface area (Å²) in [5.41, 5.74) is 0. The molecule has 0 unspecified atom stereocenters. The molecule has 2 N–H and O–H groups in total. The van der Waals surface area contributed by atoms with Crippen molar-refractivity contribution in [3.05, 3.63) is 0 Å². The standard InChI is InChI=1S/C8H10INO4/c10-9-5-6(11)13-8(14-7(5)12)3-1-2-4-8/h1-4,10H2. The first-order valence-corrected chi connectivity index (χ1v) is 6.66. The van der Waals surface area contributed by atoms with E-state index in [0.29, 0.717) is 12.8 Å². The number of carbonyl (C=O) groups is 2. The molecule has 1 saturated carbocycles. The molecule has 0 radical (unpaired) electrons. The highest BCUT2D eigenvalue weighted by Crippen LogP contribution is 2.37. The van der Waals surface area contributed by atoms with Crippen LogP contribution in [0.5, 0.6) is 0 Å². The van der Waals surface area contributed by atoms with E-state index in [4.69, 9.17) is 13.4 Å². The number of ether oxygens (including phenoxy) is 2. The molecule has 0 aromatic heterocycles. The molecule has 2 aliphatic rings. The Bertz CT molecular complexity index is 297. The summed E-state index contributed by atoms with van der Waals surface area (Å²) in [6.45, 7) is 0. The lowest BCUT2D eigenvalue weighted by Crippen LogP contribution is -2.48. The van der Waals surface area contributed by atoms with Gasteiger partial charge in [0.05, 0.1) is 0 Å². The second kappa shape index (κ2) is 3.58. The van der Waals surface area contributed by atoms with E-state index < -0.39 is 38.7 Å². The average Bonchev–Trinajstić information content (AvgIpc) is 2.52. The highest BCUT2D eigenvalue weighted by atomic mass is 127. The van der Waals surface area contributed by atoms with Gasteiger partial charge in [0.2, 0.25) is 0 Å². The molecule has 1 heterocycles. The van der Waals surface area contributed by atoms with Crippen molar-refractivity contribution in [2.24, 2.45) is 3.95 Å². The van der Waals surface area contributed by atoms with Gasteiger partial charge in [-0.1, -0.05) is 0 Å². The van der Waals surface area contributed by atoms with Crippen molar-refractivity contribution in [1.29, 1.82) is 0 Å². The van der Waals surface area contributed by atoms with E-state index in [1.54, 1.807) is 0 Å². The van der Waals surface area contributed by atoms with Gasteiger partial charge in [0, 0.05) is 12.8 Å². The first kappa shape index (κ1) is 10.0. The van der Waals surface area contributed by atoms with Gasteiger partial charge in [-0.15, -0.1) is 0 Å². The summed E-state index contributed by atoms with van der Waals surface area (Å²) in [6, 6.07) is 0. The van der Waals surface area contributed by atoms with Crippen LogP contribution in [-0.4, -0.2) is 21.2 Å². The number of rotatable bonds is 0. The number of nitrogens with two attached hydrogens (primary N) is 1. The van der Waals surface area contributed by atoms with Crippen LogP contribution in [0.25, 0.3) is 0 Å². The molecule has 5 nitrogen and oxygen atoms in total. The highest BCUT2D eigenvalue weighted by Gasteiger charge is 2.48. The number of carbonyl (C=O) groups excluding carboxylic acids is 2. The Balaban J connectivity index is 2.23. The lowest BCUT2D eigenvalue weighted by atomic mass is 10.2. The molecule has 2 fully saturated rings. The zero-order valence-corrected chi connectivity index (χ0v) is 9.57. The van der Waals surface area contributed by atoms with Crippen LogP contribution in [0.2, 0.25) is 0 Å². The van der Waals surface area contributed by atoms with Crippen LogP contribution in [0.1, 0.15) is 25.7 Å². The monoisotopic (exact) mass is 311 g/mol. The van der Waals surface area contributed by atoms with Crippen molar-refractivity contribution in [3.8, 4) is 0 Å². The van der Waals surface area contributed by atoms with Gasteiger partial charge < -0.3 is 9.47 Å². The molecule has 1 spiro atoms. The van der Waals surface area contributed by atoms with Gasteiger partial charge in [-0.05, 0) is 33.8 Å². The van der Waals surface area contributed by atoms with Gasteiger partial charge in [0.1, 0.15) is 0 Å². The quantitative estimate of drug-likeness (QED) is 0.397. The van der Waals surface area contributed by atoms with Gasteiger partial charge >= 0.3 is 11.9 Å². The van der Waals surface area contributed by atoms with E-state index in [1.165, 1.54) is 0 Å². The normalized spacial score (nSPS) is 25.1. The summed E-state index contributed by atoms with van der Waals surface area (Å²) in [5.74, 6) is -2.10. The summed E-state index contributed by atoms with van der Waals surface area (Å²) in [5, 5.41) is 0. The Morgan fingerprint density at radius 2 is 1.64 bits per heavy atom. The second-order valence-electron chi connectivity index (χ2n) is 3.32. The van der Waals surface area contributed by atoms with Gasteiger partial charge in [0.25, 0.3) is 5.79 Å². The van der Waals surface area contributed by atoms with E-state index in [1.807, 2.05) is 0 Å². The Hall–Kier alpha value is -0.500. The number of halogens is 1. The average molecular weight is 311 g/mol. The molecule has 0 amide bonds. The Morgan fingerprint density at radius 3 is 2.07 bits per heavy atom. The fraction of sp³-hybridized carbons (Fsp3) is 0.625. The van der Waals surface area contributed by atoms with Crippen LogP contribution >= 0.6 is 21.0 Å². The van der Waals surface area contributed by atoms with Crippen LogP contribution < -0.4 is 3.95 Å². The number of hydrogen-bond donors (Lipinski definition) is 1. The Kier molecular flexibility index (Phi) is 2.56. The SMILES string of the molecule is NI=C1C(=O)OC2(CCCC2)OC1=O. The second-order valence-corrected chi connectivity index (χ2v) is 5.02. The van der Waals surface area contributed by atoms with E-state index in [0.717, 1.165) is 12.8 Å². The Labute approximate surface area is 91.0 Å². The highest BCUT2D eigenvalue weighted by molar-refractivity contribution is 14.2. The van der Waals surface area contributed by atoms with E-state index >= 15 is 0 Å². The molecule has 6 heteroatoms. The van der Waals surface area contributed by atoms with Crippen molar-refractivity contribution in [2.45, 2.75) is 31.5 Å². The van der Waals surface area contributed by atoms with Crippen molar-refractivity contribution >= 4 is 36.5 Å². The van der Waals surface area contributed by atoms with Crippen LogP contribution in [0, 0.1) is 0 Å². The first-order valence-electron chi connectivity index (χ1n) is 4.34. The molecule has 1 saturated heterocycles. The fourth-order valence-electron chi connectivity index (χ4n) is 1.74. The summed E-state index contributed by atoms with van der Waals surface area (Å²) in [4.78, 5) is 22.8. The fourth-order valence-corrected chi connectivity index (χ4v) is 2.47. The van der Waals surface area contributed by atoms with E-state index in [2.05, 4.69) is 0 Å². The van der Waals surface area contributed by atoms with Crippen LogP contribution in [-0.2, 0) is 19.1 Å². The minimum absolute atomic E-state index is 0.0151. The topological polar surface area (TPSA) is 78.6 Å².